The van der Waals surface area contributed by atoms with Gasteiger partial charge in [-0.05, 0) is 29.9 Å². The molecule has 1 amide bonds. The highest BCUT2D eigenvalue weighted by atomic mass is 127. The Morgan fingerprint density at radius 3 is 3.00 bits per heavy atom. The second-order valence-corrected chi connectivity index (χ2v) is 5.79. The molecule has 1 aliphatic rings. The Labute approximate surface area is 147 Å². The van der Waals surface area contributed by atoms with Gasteiger partial charge in [0.25, 0.3) is 0 Å². The van der Waals surface area contributed by atoms with E-state index >= 15 is 0 Å². The summed E-state index contributed by atoms with van der Waals surface area (Å²) in [6.45, 7) is 4.80. The molecule has 2 rings (SSSR count). The van der Waals surface area contributed by atoms with Gasteiger partial charge >= 0.3 is 0 Å². The van der Waals surface area contributed by atoms with Crippen molar-refractivity contribution in [1.82, 2.24) is 15.5 Å². The molecule has 118 valence electrons. The van der Waals surface area contributed by atoms with E-state index in [1.807, 2.05) is 4.90 Å². The summed E-state index contributed by atoms with van der Waals surface area (Å²) in [7, 11) is 1.72. The highest BCUT2D eigenvalue weighted by Gasteiger charge is 2.21. The maximum absolute atomic E-state index is 12.2. The molecule has 0 radical (unpaired) electrons. The number of nitrogens with zero attached hydrogens (tertiary/aromatic N) is 2. The van der Waals surface area contributed by atoms with Crippen LogP contribution < -0.4 is 10.6 Å². The molecule has 2 N–H and O–H groups in total. The quantitative estimate of drug-likeness (QED) is 0.442. The minimum Gasteiger partial charge on any atom is -0.356 e. The molecule has 0 bridgehead atoms. The van der Waals surface area contributed by atoms with Crippen LogP contribution in [0.3, 0.4) is 0 Å². The van der Waals surface area contributed by atoms with Crippen LogP contribution in [0.2, 0.25) is 0 Å². The number of fused-ring (bicyclic) bond motifs is 1. The molecular formula is C14H23IN4OS. The van der Waals surface area contributed by atoms with Crippen molar-refractivity contribution in [3.63, 3.8) is 0 Å². The number of rotatable bonds is 4. The van der Waals surface area contributed by atoms with Crippen LogP contribution >= 0.6 is 35.3 Å². The number of aliphatic imine (C=N–C) groups is 1. The van der Waals surface area contributed by atoms with Crippen molar-refractivity contribution >= 4 is 47.2 Å². The fraction of sp³-hybridized carbons (Fsp3) is 0.571. The third-order valence-electron chi connectivity index (χ3n) is 3.33. The van der Waals surface area contributed by atoms with Gasteiger partial charge in [0, 0.05) is 31.6 Å². The monoisotopic (exact) mass is 422 g/mol. The Hall–Kier alpha value is -0.830. The zero-order valence-corrected chi connectivity index (χ0v) is 15.7. The SMILES string of the molecule is CCCNC(=NC)NCC(=O)N1CCc2sccc2C1.I. The molecule has 0 atom stereocenters. The van der Waals surface area contributed by atoms with Crippen LogP contribution in [-0.2, 0) is 17.8 Å². The first-order valence-electron chi connectivity index (χ1n) is 7.02. The number of hydrogen-bond donors (Lipinski definition) is 2. The smallest absolute Gasteiger partial charge is 0.242 e. The van der Waals surface area contributed by atoms with Crippen LogP contribution in [0, 0.1) is 0 Å². The van der Waals surface area contributed by atoms with Gasteiger partial charge in [-0.15, -0.1) is 35.3 Å². The molecule has 2 heterocycles. The summed E-state index contributed by atoms with van der Waals surface area (Å²) in [6.07, 6.45) is 2.00. The van der Waals surface area contributed by atoms with Crippen LogP contribution in [0.1, 0.15) is 23.8 Å². The van der Waals surface area contributed by atoms with Gasteiger partial charge in [-0.2, -0.15) is 0 Å². The van der Waals surface area contributed by atoms with E-state index in [1.165, 1.54) is 10.4 Å². The van der Waals surface area contributed by atoms with Crippen molar-refractivity contribution in [2.75, 3.05) is 26.7 Å². The molecule has 0 saturated heterocycles. The molecule has 0 aromatic carbocycles. The number of nitrogens with one attached hydrogen (secondary N) is 2. The Balaban J connectivity index is 0.00000220. The summed E-state index contributed by atoms with van der Waals surface area (Å²) in [4.78, 5) is 19.6. The van der Waals surface area contributed by atoms with Gasteiger partial charge in [0.05, 0.1) is 6.54 Å². The standard InChI is InChI=1S/C14H22N4OS.HI/c1-3-6-16-14(15-2)17-9-13(19)18-7-4-12-11(10-18)5-8-20-12;/h5,8H,3-4,6-7,9-10H2,1-2H3,(H2,15,16,17);1H. The van der Waals surface area contributed by atoms with Gasteiger partial charge in [-0.1, -0.05) is 6.92 Å². The zero-order chi connectivity index (χ0) is 14.4. The lowest BCUT2D eigenvalue weighted by atomic mass is 10.1. The first kappa shape index (κ1) is 18.2. The number of thiophene rings is 1. The Kier molecular flexibility index (Phi) is 8.02. The number of carbonyl (C=O) groups is 1. The number of halogens is 1. The van der Waals surface area contributed by atoms with Gasteiger partial charge in [-0.3, -0.25) is 9.79 Å². The number of hydrogen-bond acceptors (Lipinski definition) is 3. The first-order chi connectivity index (χ1) is 9.74. The number of guanidine groups is 1. The minimum absolute atomic E-state index is 0. The highest BCUT2D eigenvalue weighted by Crippen LogP contribution is 2.23. The molecule has 1 aliphatic heterocycles. The predicted molar refractivity (Wildman–Crippen MR) is 98.5 cm³/mol. The van der Waals surface area contributed by atoms with Crippen LogP contribution in [0.4, 0.5) is 0 Å². The van der Waals surface area contributed by atoms with Crippen molar-refractivity contribution < 1.29 is 4.79 Å². The first-order valence-corrected chi connectivity index (χ1v) is 7.90. The molecule has 0 fully saturated rings. The average Bonchev–Trinajstić information content (AvgIpc) is 2.94. The minimum atomic E-state index is 0. The predicted octanol–water partition coefficient (Wildman–Crippen LogP) is 1.83. The molecule has 21 heavy (non-hydrogen) atoms. The molecular weight excluding hydrogens is 399 g/mol. The van der Waals surface area contributed by atoms with Gasteiger partial charge in [-0.25, -0.2) is 0 Å². The van der Waals surface area contributed by atoms with Crippen molar-refractivity contribution in [2.24, 2.45) is 4.99 Å². The molecule has 1 aromatic heterocycles. The topological polar surface area (TPSA) is 56.7 Å². The number of amides is 1. The van der Waals surface area contributed by atoms with E-state index in [9.17, 15) is 4.79 Å². The Morgan fingerprint density at radius 1 is 1.48 bits per heavy atom. The second kappa shape index (κ2) is 9.24. The van der Waals surface area contributed by atoms with Gasteiger partial charge in [0.15, 0.2) is 5.96 Å². The third-order valence-corrected chi connectivity index (χ3v) is 4.36. The van der Waals surface area contributed by atoms with E-state index in [0.717, 1.165) is 32.5 Å². The largest absolute Gasteiger partial charge is 0.356 e. The van der Waals surface area contributed by atoms with Crippen LogP contribution in [0.5, 0.6) is 0 Å². The van der Waals surface area contributed by atoms with Crippen molar-refractivity contribution in [3.8, 4) is 0 Å². The highest BCUT2D eigenvalue weighted by molar-refractivity contribution is 14.0. The maximum Gasteiger partial charge on any atom is 0.242 e. The van der Waals surface area contributed by atoms with Crippen molar-refractivity contribution in [1.29, 1.82) is 0 Å². The van der Waals surface area contributed by atoms with Crippen LogP contribution in [-0.4, -0.2) is 43.4 Å². The van der Waals surface area contributed by atoms with E-state index in [-0.39, 0.29) is 29.9 Å². The molecule has 5 nitrogen and oxygen atoms in total. The lowest BCUT2D eigenvalue weighted by molar-refractivity contribution is -0.130. The van der Waals surface area contributed by atoms with Gasteiger partial charge < -0.3 is 15.5 Å². The Bertz CT molecular complexity index is 489. The van der Waals surface area contributed by atoms with E-state index < -0.39 is 0 Å². The fourth-order valence-electron chi connectivity index (χ4n) is 2.20. The van der Waals surface area contributed by atoms with Crippen molar-refractivity contribution in [2.45, 2.75) is 26.3 Å². The second-order valence-electron chi connectivity index (χ2n) is 4.79. The maximum atomic E-state index is 12.2. The summed E-state index contributed by atoms with van der Waals surface area (Å²) in [6, 6.07) is 2.12. The van der Waals surface area contributed by atoms with E-state index in [0.29, 0.717) is 12.5 Å². The van der Waals surface area contributed by atoms with Crippen molar-refractivity contribution in [3.05, 3.63) is 21.9 Å². The lowest BCUT2D eigenvalue weighted by Gasteiger charge is -2.27. The van der Waals surface area contributed by atoms with Crippen LogP contribution in [0.25, 0.3) is 0 Å². The fourth-order valence-corrected chi connectivity index (χ4v) is 3.09. The molecule has 1 aromatic rings. The Morgan fingerprint density at radius 2 is 2.29 bits per heavy atom. The average molecular weight is 422 g/mol. The van der Waals surface area contributed by atoms with E-state index in [2.05, 4.69) is 34.0 Å². The summed E-state index contributed by atoms with van der Waals surface area (Å²) in [5.41, 5.74) is 1.29. The summed E-state index contributed by atoms with van der Waals surface area (Å²) < 4.78 is 0. The van der Waals surface area contributed by atoms with E-state index in [4.69, 9.17) is 0 Å². The molecule has 7 heteroatoms. The summed E-state index contributed by atoms with van der Waals surface area (Å²) in [5, 5.41) is 8.33. The summed E-state index contributed by atoms with van der Waals surface area (Å²) >= 11 is 1.79. The zero-order valence-electron chi connectivity index (χ0n) is 12.5. The third kappa shape index (κ3) is 5.14. The molecule has 0 spiro atoms. The van der Waals surface area contributed by atoms with Crippen LogP contribution in [0.15, 0.2) is 16.4 Å². The molecule has 0 unspecified atom stereocenters. The van der Waals surface area contributed by atoms with Gasteiger partial charge in [0.2, 0.25) is 5.91 Å². The molecule has 0 aliphatic carbocycles. The number of carbonyl (C=O) groups excluding carboxylic acids is 1. The summed E-state index contributed by atoms with van der Waals surface area (Å²) in [5.74, 6) is 0.815. The lowest BCUT2D eigenvalue weighted by Crippen LogP contribution is -2.45. The normalized spacial score (nSPS) is 14.2. The van der Waals surface area contributed by atoms with E-state index in [1.54, 1.807) is 18.4 Å². The molecule has 0 saturated carbocycles. The van der Waals surface area contributed by atoms with Gasteiger partial charge in [0.1, 0.15) is 0 Å².